The number of hydrogen-bond acceptors (Lipinski definition) is 2. The first-order valence-corrected chi connectivity index (χ1v) is 5.52. The largest absolute Gasteiger partial charge is 0.395 e. The number of carbonyl (C=O) groups is 1. The van der Waals surface area contributed by atoms with Crippen LogP contribution in [0.3, 0.4) is 0 Å². The molecule has 0 saturated heterocycles. The number of aliphatic hydroxyl groups is 1. The van der Waals surface area contributed by atoms with Gasteiger partial charge in [-0.05, 0) is 12.3 Å². The number of rotatable bonds is 7. The predicted octanol–water partition coefficient (Wildman–Crippen LogP) is 1.56. The van der Waals surface area contributed by atoms with Crippen molar-refractivity contribution >= 4 is 5.91 Å². The number of amides is 1. The summed E-state index contributed by atoms with van der Waals surface area (Å²) < 4.78 is 0. The third kappa shape index (κ3) is 5.22. The van der Waals surface area contributed by atoms with Gasteiger partial charge in [-0.2, -0.15) is 0 Å². The van der Waals surface area contributed by atoms with Crippen LogP contribution in [0.1, 0.15) is 40.0 Å². The van der Waals surface area contributed by atoms with Crippen LogP contribution in [0.4, 0.5) is 0 Å². The Kier molecular flexibility index (Phi) is 7.48. The van der Waals surface area contributed by atoms with E-state index in [-0.39, 0.29) is 18.4 Å². The third-order valence-electron chi connectivity index (χ3n) is 2.42. The van der Waals surface area contributed by atoms with Crippen LogP contribution in [0.15, 0.2) is 0 Å². The Morgan fingerprint density at radius 1 is 1.43 bits per heavy atom. The molecule has 0 aliphatic carbocycles. The normalized spacial score (nSPS) is 12.9. The summed E-state index contributed by atoms with van der Waals surface area (Å²) in [5.74, 6) is 0.559. The van der Waals surface area contributed by atoms with Crippen molar-refractivity contribution in [3.8, 4) is 0 Å². The fourth-order valence-corrected chi connectivity index (χ4v) is 1.50. The topological polar surface area (TPSA) is 49.3 Å². The molecule has 0 aliphatic rings. The van der Waals surface area contributed by atoms with Gasteiger partial charge in [0.2, 0.25) is 5.91 Å². The highest BCUT2D eigenvalue weighted by molar-refractivity contribution is 5.78. The molecule has 0 aromatic carbocycles. The highest BCUT2D eigenvalue weighted by atomic mass is 16.3. The number of unbranched alkanes of at least 4 members (excludes halogenated alkanes) is 1. The number of hydrogen-bond donors (Lipinski definition) is 2. The van der Waals surface area contributed by atoms with Crippen LogP contribution in [-0.2, 0) is 4.79 Å². The minimum Gasteiger partial charge on any atom is -0.395 e. The van der Waals surface area contributed by atoms with Crippen LogP contribution in [-0.4, -0.2) is 24.2 Å². The first-order chi connectivity index (χ1) is 6.63. The molecule has 84 valence electrons. The molecule has 0 heterocycles. The number of carbonyl (C=O) groups excluding carboxylic acids is 1. The maximum absolute atomic E-state index is 11.6. The lowest BCUT2D eigenvalue weighted by Gasteiger charge is -2.19. The zero-order valence-corrected chi connectivity index (χ0v) is 9.55. The molecule has 14 heavy (non-hydrogen) atoms. The Hall–Kier alpha value is -0.570. The fourth-order valence-electron chi connectivity index (χ4n) is 1.50. The zero-order valence-electron chi connectivity index (χ0n) is 9.55. The number of aliphatic hydroxyl groups excluding tert-OH is 1. The van der Waals surface area contributed by atoms with Gasteiger partial charge in [0.05, 0.1) is 6.61 Å². The molecule has 0 aromatic rings. The van der Waals surface area contributed by atoms with Gasteiger partial charge in [-0.15, -0.1) is 0 Å². The van der Waals surface area contributed by atoms with E-state index in [1.165, 1.54) is 0 Å². The van der Waals surface area contributed by atoms with E-state index in [1.54, 1.807) is 0 Å². The lowest BCUT2D eigenvalue weighted by Crippen LogP contribution is -2.35. The van der Waals surface area contributed by atoms with E-state index >= 15 is 0 Å². The summed E-state index contributed by atoms with van der Waals surface area (Å²) in [4.78, 5) is 11.6. The molecule has 0 bridgehead atoms. The lowest BCUT2D eigenvalue weighted by atomic mass is 9.90. The van der Waals surface area contributed by atoms with E-state index in [0.29, 0.717) is 12.5 Å². The molecule has 0 fully saturated rings. The highest BCUT2D eigenvalue weighted by Gasteiger charge is 2.20. The monoisotopic (exact) mass is 201 g/mol. The van der Waals surface area contributed by atoms with Crippen LogP contribution in [0, 0.1) is 11.8 Å². The first kappa shape index (κ1) is 13.4. The predicted molar refractivity (Wildman–Crippen MR) is 57.9 cm³/mol. The summed E-state index contributed by atoms with van der Waals surface area (Å²) in [7, 11) is 0. The Labute approximate surface area is 86.9 Å². The van der Waals surface area contributed by atoms with E-state index in [2.05, 4.69) is 26.1 Å². The van der Waals surface area contributed by atoms with Crippen molar-refractivity contribution in [3.05, 3.63) is 0 Å². The van der Waals surface area contributed by atoms with Crippen molar-refractivity contribution < 1.29 is 9.90 Å². The summed E-state index contributed by atoms with van der Waals surface area (Å²) in [6.07, 6.45) is 3.16. The number of nitrogens with one attached hydrogen (secondary N) is 1. The minimum atomic E-state index is 0.0182. The Morgan fingerprint density at radius 2 is 2.07 bits per heavy atom. The van der Waals surface area contributed by atoms with Gasteiger partial charge in [-0.1, -0.05) is 33.6 Å². The summed E-state index contributed by atoms with van der Waals surface area (Å²) in [5.41, 5.74) is 0. The van der Waals surface area contributed by atoms with Gasteiger partial charge in [0, 0.05) is 12.5 Å². The first-order valence-electron chi connectivity index (χ1n) is 5.52. The van der Waals surface area contributed by atoms with Gasteiger partial charge in [-0.25, -0.2) is 0 Å². The maximum atomic E-state index is 11.6. The van der Waals surface area contributed by atoms with Gasteiger partial charge in [0.1, 0.15) is 0 Å². The molecule has 0 aromatic heterocycles. The molecule has 0 radical (unpaired) electrons. The molecule has 0 spiro atoms. The van der Waals surface area contributed by atoms with E-state index in [9.17, 15) is 4.79 Å². The van der Waals surface area contributed by atoms with E-state index < -0.39 is 0 Å². The molecular weight excluding hydrogens is 178 g/mol. The zero-order chi connectivity index (χ0) is 11.0. The Bertz CT molecular complexity index is 157. The van der Waals surface area contributed by atoms with E-state index in [4.69, 9.17) is 5.11 Å². The average Bonchev–Trinajstić information content (AvgIpc) is 2.14. The smallest absolute Gasteiger partial charge is 0.223 e. The van der Waals surface area contributed by atoms with Crippen molar-refractivity contribution in [1.82, 2.24) is 5.32 Å². The minimum absolute atomic E-state index is 0.0182. The third-order valence-corrected chi connectivity index (χ3v) is 2.42. The highest BCUT2D eigenvalue weighted by Crippen LogP contribution is 2.18. The van der Waals surface area contributed by atoms with Crippen molar-refractivity contribution in [3.63, 3.8) is 0 Å². The Morgan fingerprint density at radius 3 is 2.50 bits per heavy atom. The standard InChI is InChI=1S/C11H23NO2/c1-4-5-6-10(9(2)3)11(14)12-7-8-13/h9-10,13H,4-8H2,1-3H3,(H,12,14)/t10-/m0/s1. The molecule has 2 N–H and O–H groups in total. The summed E-state index contributed by atoms with van der Waals surface area (Å²) in [6.45, 7) is 6.65. The molecular formula is C11H23NO2. The lowest BCUT2D eigenvalue weighted by molar-refractivity contribution is -0.126. The molecule has 3 heteroatoms. The second kappa shape index (κ2) is 7.80. The molecule has 1 atom stereocenters. The molecule has 0 unspecified atom stereocenters. The van der Waals surface area contributed by atoms with E-state index in [0.717, 1.165) is 19.3 Å². The van der Waals surface area contributed by atoms with Crippen LogP contribution in [0.25, 0.3) is 0 Å². The van der Waals surface area contributed by atoms with Gasteiger partial charge in [0.15, 0.2) is 0 Å². The summed E-state index contributed by atoms with van der Waals surface area (Å²) >= 11 is 0. The SMILES string of the molecule is CCCC[C@H](C(=O)NCCO)C(C)C. The second-order valence-electron chi connectivity index (χ2n) is 4.01. The molecule has 0 saturated carbocycles. The molecule has 3 nitrogen and oxygen atoms in total. The van der Waals surface area contributed by atoms with Gasteiger partial charge < -0.3 is 10.4 Å². The quantitative estimate of drug-likeness (QED) is 0.656. The fraction of sp³-hybridized carbons (Fsp3) is 0.909. The van der Waals surface area contributed by atoms with Crippen molar-refractivity contribution in [1.29, 1.82) is 0 Å². The van der Waals surface area contributed by atoms with Crippen LogP contribution < -0.4 is 5.32 Å². The van der Waals surface area contributed by atoms with Crippen molar-refractivity contribution in [2.24, 2.45) is 11.8 Å². The van der Waals surface area contributed by atoms with Crippen molar-refractivity contribution in [2.75, 3.05) is 13.2 Å². The summed E-state index contributed by atoms with van der Waals surface area (Å²) in [6, 6.07) is 0. The van der Waals surface area contributed by atoms with Crippen molar-refractivity contribution in [2.45, 2.75) is 40.0 Å². The van der Waals surface area contributed by atoms with Crippen LogP contribution in [0.5, 0.6) is 0 Å². The molecule has 1 amide bonds. The van der Waals surface area contributed by atoms with Gasteiger partial charge >= 0.3 is 0 Å². The maximum Gasteiger partial charge on any atom is 0.223 e. The Balaban J connectivity index is 3.98. The van der Waals surface area contributed by atoms with Gasteiger partial charge in [0.25, 0.3) is 0 Å². The molecule has 0 aliphatic heterocycles. The second-order valence-corrected chi connectivity index (χ2v) is 4.01. The van der Waals surface area contributed by atoms with Crippen LogP contribution in [0.2, 0.25) is 0 Å². The van der Waals surface area contributed by atoms with Gasteiger partial charge in [-0.3, -0.25) is 4.79 Å². The average molecular weight is 201 g/mol. The van der Waals surface area contributed by atoms with E-state index in [1.807, 2.05) is 0 Å². The van der Waals surface area contributed by atoms with Crippen LogP contribution >= 0.6 is 0 Å². The summed E-state index contributed by atoms with van der Waals surface area (Å²) in [5, 5.41) is 11.3. The molecule has 0 rings (SSSR count).